The first-order chi connectivity index (χ1) is 19.9. The van der Waals surface area contributed by atoms with E-state index in [2.05, 4.69) is 41.7 Å². The van der Waals surface area contributed by atoms with Crippen molar-refractivity contribution in [3.8, 4) is 11.3 Å². The lowest BCUT2D eigenvalue weighted by molar-refractivity contribution is 0.0953. The fourth-order valence-corrected chi connectivity index (χ4v) is 4.50. The van der Waals surface area contributed by atoms with Crippen LogP contribution in [0.2, 0.25) is 0 Å². The Balaban J connectivity index is 1.59. The molecule has 0 aliphatic carbocycles. The zero-order valence-electron chi connectivity index (χ0n) is 25.0. The summed E-state index contributed by atoms with van der Waals surface area (Å²) < 4.78 is 1.45. The van der Waals surface area contributed by atoms with Crippen LogP contribution in [-0.2, 0) is 12.5 Å². The second-order valence-electron chi connectivity index (χ2n) is 11.3. The smallest absolute Gasteiger partial charge is 0.293 e. The molecule has 0 saturated carbocycles. The minimum Gasteiger partial charge on any atom is -0.398 e. The maximum atomic E-state index is 13.1. The second kappa shape index (κ2) is 12.3. The quantitative estimate of drug-likeness (QED) is 0.200. The molecule has 5 N–H and O–H groups in total. The monoisotopic (exact) mass is 566 g/mol. The van der Waals surface area contributed by atoms with E-state index < -0.39 is 0 Å². The molecule has 1 aromatic heterocycles. The van der Waals surface area contributed by atoms with Crippen LogP contribution in [0.5, 0.6) is 0 Å². The molecular weight excluding hydrogens is 528 g/mol. The van der Waals surface area contributed by atoms with Crippen molar-refractivity contribution < 1.29 is 9.59 Å². The molecule has 3 aromatic carbocycles. The second-order valence-corrected chi connectivity index (χ2v) is 11.3. The molecule has 42 heavy (non-hydrogen) atoms. The maximum Gasteiger partial charge on any atom is 0.293 e. The lowest BCUT2D eigenvalue weighted by Crippen LogP contribution is -2.25. The van der Waals surface area contributed by atoms with Crippen LogP contribution in [0.4, 0.5) is 22.9 Å². The fraction of sp³-hybridized carbons (Fsp3) is 0.273. The van der Waals surface area contributed by atoms with Gasteiger partial charge in [0.1, 0.15) is 0 Å². The summed E-state index contributed by atoms with van der Waals surface area (Å²) in [4.78, 5) is 43.0. The van der Waals surface area contributed by atoms with Gasteiger partial charge in [0.05, 0.1) is 11.3 Å². The molecule has 0 radical (unpaired) electrons. The van der Waals surface area contributed by atoms with E-state index in [4.69, 9.17) is 5.73 Å². The average Bonchev–Trinajstić information content (AvgIpc) is 2.95. The van der Waals surface area contributed by atoms with Crippen LogP contribution in [0.1, 0.15) is 66.0 Å². The molecule has 9 heteroatoms. The third kappa shape index (κ3) is 6.68. The highest BCUT2D eigenvalue weighted by Gasteiger charge is 2.17. The zero-order valence-corrected chi connectivity index (χ0v) is 25.0. The van der Waals surface area contributed by atoms with Crippen molar-refractivity contribution in [3.05, 3.63) is 99.5 Å². The average molecular weight is 567 g/mol. The number of nitrogens with one attached hydrogen (secondary N) is 3. The molecular formula is C33H38N6O3. The third-order valence-electron chi connectivity index (χ3n) is 7.04. The normalized spacial score (nSPS) is 11.2. The van der Waals surface area contributed by atoms with Crippen LogP contribution in [0.15, 0.2) is 71.7 Å². The number of amides is 2. The molecule has 2 amide bonds. The molecule has 9 nitrogen and oxygen atoms in total. The van der Waals surface area contributed by atoms with Crippen molar-refractivity contribution in [2.45, 2.75) is 46.5 Å². The fourth-order valence-electron chi connectivity index (χ4n) is 4.50. The first-order valence-corrected chi connectivity index (χ1v) is 13.9. The molecule has 0 saturated heterocycles. The van der Waals surface area contributed by atoms with E-state index >= 15 is 0 Å². The van der Waals surface area contributed by atoms with E-state index in [-0.39, 0.29) is 34.3 Å². The number of aromatic nitrogens is 2. The van der Waals surface area contributed by atoms with E-state index in [0.717, 1.165) is 23.1 Å². The molecule has 218 valence electrons. The Morgan fingerprint density at radius 1 is 1.00 bits per heavy atom. The molecule has 0 atom stereocenters. The van der Waals surface area contributed by atoms with Gasteiger partial charge in [-0.1, -0.05) is 52.0 Å². The summed E-state index contributed by atoms with van der Waals surface area (Å²) in [5.74, 6) is -0.359. The predicted octanol–water partition coefficient (Wildman–Crippen LogP) is 5.77. The number of hydrogen-bond acceptors (Lipinski definition) is 6. The van der Waals surface area contributed by atoms with Gasteiger partial charge in [0, 0.05) is 48.0 Å². The van der Waals surface area contributed by atoms with Gasteiger partial charge >= 0.3 is 0 Å². The van der Waals surface area contributed by atoms with Gasteiger partial charge in [-0.3, -0.25) is 14.4 Å². The highest BCUT2D eigenvalue weighted by molar-refractivity contribution is 6.05. The topological polar surface area (TPSA) is 131 Å². The number of nitrogen functional groups attached to an aromatic ring is 1. The Hall–Kier alpha value is -4.92. The highest BCUT2D eigenvalue weighted by Crippen LogP contribution is 2.29. The van der Waals surface area contributed by atoms with Crippen molar-refractivity contribution in [3.63, 3.8) is 0 Å². The minimum absolute atomic E-state index is 0.00273. The van der Waals surface area contributed by atoms with E-state index in [1.807, 2.05) is 56.3 Å². The summed E-state index contributed by atoms with van der Waals surface area (Å²) in [7, 11) is 1.65. The Morgan fingerprint density at radius 3 is 2.36 bits per heavy atom. The molecule has 0 fully saturated rings. The van der Waals surface area contributed by atoms with E-state index in [9.17, 15) is 14.4 Å². The van der Waals surface area contributed by atoms with Gasteiger partial charge in [0.15, 0.2) is 5.82 Å². The Kier molecular flexibility index (Phi) is 8.80. The molecule has 4 rings (SSSR count). The number of benzene rings is 3. The molecule has 0 aliphatic heterocycles. The van der Waals surface area contributed by atoms with Gasteiger partial charge in [-0.2, -0.15) is 0 Å². The van der Waals surface area contributed by atoms with Crippen LogP contribution in [0.3, 0.4) is 0 Å². The summed E-state index contributed by atoms with van der Waals surface area (Å²) >= 11 is 0. The first-order valence-electron chi connectivity index (χ1n) is 13.9. The van der Waals surface area contributed by atoms with Crippen molar-refractivity contribution in [1.82, 2.24) is 14.9 Å². The number of nitrogens with two attached hydrogens (primary N) is 1. The number of aryl methyl sites for hydroxylation is 1. The molecule has 1 heterocycles. The van der Waals surface area contributed by atoms with E-state index in [1.165, 1.54) is 4.57 Å². The zero-order chi connectivity index (χ0) is 30.6. The SMILES string of the molecule is CCCNC(=O)c1ccc(Nc2nc(-c3cccc(NC(=O)c4ccc(C(C)(C)C)cc4)c3C)cn(C)c2=O)cc1N. The predicted molar refractivity (Wildman–Crippen MR) is 170 cm³/mol. The molecule has 0 bridgehead atoms. The molecule has 4 aromatic rings. The number of nitrogens with zero attached hydrogens (tertiary/aromatic N) is 2. The molecule has 0 spiro atoms. The van der Waals surface area contributed by atoms with Crippen LogP contribution in [0.25, 0.3) is 11.3 Å². The van der Waals surface area contributed by atoms with Crippen molar-refractivity contribution in [2.75, 3.05) is 22.9 Å². The lowest BCUT2D eigenvalue weighted by Gasteiger charge is -2.19. The number of rotatable bonds is 8. The van der Waals surface area contributed by atoms with E-state index in [1.54, 1.807) is 31.4 Å². The third-order valence-corrected chi connectivity index (χ3v) is 7.04. The standard InChI is InChI=1S/C33H38N6O3/c1-7-17-35-31(41)25-16-15-23(18-26(25)34)36-29-32(42)39(6)19-28(37-29)24-9-8-10-27(20(24)2)38-30(40)21-11-13-22(14-12-21)33(3,4)5/h8-16,18-19H,7,17,34H2,1-6H3,(H,35,41)(H,36,37)(H,38,40). The number of hydrogen-bond donors (Lipinski definition) is 4. The van der Waals surface area contributed by atoms with Crippen molar-refractivity contribution in [2.24, 2.45) is 7.05 Å². The highest BCUT2D eigenvalue weighted by atomic mass is 16.2. The Bertz CT molecular complexity index is 1680. The summed E-state index contributed by atoms with van der Waals surface area (Å²) in [5.41, 5.74) is 11.5. The van der Waals surface area contributed by atoms with Gasteiger partial charge in [0.25, 0.3) is 17.4 Å². The maximum absolute atomic E-state index is 13.1. The van der Waals surface area contributed by atoms with Gasteiger partial charge in [-0.15, -0.1) is 0 Å². The lowest BCUT2D eigenvalue weighted by atomic mass is 9.86. The Labute approximate surface area is 246 Å². The number of anilines is 4. The summed E-state index contributed by atoms with van der Waals surface area (Å²) in [6.45, 7) is 10.8. The van der Waals surface area contributed by atoms with Gasteiger partial charge in [0.2, 0.25) is 0 Å². The van der Waals surface area contributed by atoms with Gasteiger partial charge < -0.3 is 26.3 Å². The molecule has 0 unspecified atom stereocenters. The van der Waals surface area contributed by atoms with E-state index in [0.29, 0.717) is 34.7 Å². The van der Waals surface area contributed by atoms with Gasteiger partial charge in [-0.05, 0) is 66.3 Å². The summed E-state index contributed by atoms with van der Waals surface area (Å²) in [6, 6.07) is 18.1. The summed E-state index contributed by atoms with van der Waals surface area (Å²) in [5, 5.41) is 8.87. The van der Waals surface area contributed by atoms with Gasteiger partial charge in [-0.25, -0.2) is 4.98 Å². The Morgan fingerprint density at radius 2 is 1.71 bits per heavy atom. The minimum atomic E-state index is -0.331. The van der Waals surface area contributed by atoms with Crippen LogP contribution in [0, 0.1) is 6.92 Å². The summed E-state index contributed by atoms with van der Waals surface area (Å²) in [6.07, 6.45) is 2.47. The van der Waals surface area contributed by atoms with Crippen LogP contribution < -0.4 is 27.2 Å². The first kappa shape index (κ1) is 30.0. The van der Waals surface area contributed by atoms with Crippen LogP contribution in [-0.4, -0.2) is 27.9 Å². The van der Waals surface area contributed by atoms with Crippen LogP contribution >= 0.6 is 0 Å². The number of carbonyl (C=O) groups excluding carboxylic acids is 2. The largest absolute Gasteiger partial charge is 0.398 e. The van der Waals surface area contributed by atoms with Crippen molar-refractivity contribution in [1.29, 1.82) is 0 Å². The number of carbonyl (C=O) groups is 2. The van der Waals surface area contributed by atoms with Crippen molar-refractivity contribution >= 4 is 34.7 Å². The molecule has 0 aliphatic rings.